The Morgan fingerprint density at radius 2 is 2.06 bits per heavy atom. The van der Waals surface area contributed by atoms with E-state index < -0.39 is 17.7 Å². The minimum atomic E-state index is -0.838. The summed E-state index contributed by atoms with van der Waals surface area (Å²) in [4.78, 5) is 11.0. The molecule has 2 nitrogen and oxygen atoms in total. The molecule has 4 heteroatoms. The van der Waals surface area contributed by atoms with Gasteiger partial charge >= 0.3 is 5.97 Å². The Bertz CT molecular complexity index is 436. The third-order valence-corrected chi connectivity index (χ3v) is 3.56. The number of carboxylic acids is 1. The van der Waals surface area contributed by atoms with Gasteiger partial charge in [0.25, 0.3) is 0 Å². The highest BCUT2D eigenvalue weighted by molar-refractivity contribution is 6.30. The van der Waals surface area contributed by atoms with Gasteiger partial charge in [-0.2, -0.15) is 0 Å². The Morgan fingerprint density at radius 1 is 1.44 bits per heavy atom. The largest absolute Gasteiger partial charge is 0.481 e. The van der Waals surface area contributed by atoms with Crippen LogP contribution in [0.4, 0.5) is 4.39 Å². The molecule has 1 N–H and O–H groups in total. The fourth-order valence-electron chi connectivity index (χ4n) is 2.48. The summed E-state index contributed by atoms with van der Waals surface area (Å²) < 4.78 is 13.2. The summed E-state index contributed by atoms with van der Waals surface area (Å²) in [6.45, 7) is 3.74. The Labute approximate surface area is 98.0 Å². The van der Waals surface area contributed by atoms with E-state index in [1.165, 1.54) is 12.1 Å². The van der Waals surface area contributed by atoms with E-state index in [2.05, 4.69) is 0 Å². The molecule has 1 fully saturated rings. The van der Waals surface area contributed by atoms with Crippen molar-refractivity contribution in [2.45, 2.75) is 19.8 Å². The van der Waals surface area contributed by atoms with Gasteiger partial charge in [0, 0.05) is 10.9 Å². The summed E-state index contributed by atoms with van der Waals surface area (Å²) in [7, 11) is 0. The zero-order chi connectivity index (χ0) is 12.1. The summed E-state index contributed by atoms with van der Waals surface area (Å²) in [5.74, 6) is -1.87. The Balaban J connectivity index is 2.37. The molecule has 1 saturated carbocycles. The molecule has 0 heterocycles. The third kappa shape index (κ3) is 1.69. The van der Waals surface area contributed by atoms with Crippen molar-refractivity contribution in [3.05, 3.63) is 34.6 Å². The Hall–Kier alpha value is -1.09. The van der Waals surface area contributed by atoms with Gasteiger partial charge < -0.3 is 5.11 Å². The van der Waals surface area contributed by atoms with Crippen LogP contribution in [0.15, 0.2) is 18.2 Å². The highest BCUT2D eigenvalue weighted by Crippen LogP contribution is 2.64. The molecule has 1 aliphatic carbocycles. The molecule has 1 aliphatic rings. The van der Waals surface area contributed by atoms with E-state index in [1.807, 2.05) is 13.8 Å². The fourth-order valence-corrected chi connectivity index (χ4v) is 2.71. The highest BCUT2D eigenvalue weighted by Gasteiger charge is 2.62. The summed E-state index contributed by atoms with van der Waals surface area (Å²) in [6, 6.07) is 4.22. The number of benzene rings is 1. The molecule has 0 amide bonds. The number of hydrogen-bond donors (Lipinski definition) is 1. The van der Waals surface area contributed by atoms with Crippen molar-refractivity contribution in [1.82, 2.24) is 0 Å². The predicted octanol–water partition coefficient (Wildman–Crippen LogP) is 3.30. The van der Waals surface area contributed by atoms with Crippen molar-refractivity contribution in [3.63, 3.8) is 0 Å². The molecule has 16 heavy (non-hydrogen) atoms. The summed E-state index contributed by atoms with van der Waals surface area (Å²) >= 11 is 5.75. The van der Waals surface area contributed by atoms with Gasteiger partial charge in [-0.3, -0.25) is 4.79 Å². The number of rotatable bonds is 2. The van der Waals surface area contributed by atoms with E-state index in [-0.39, 0.29) is 11.3 Å². The van der Waals surface area contributed by atoms with E-state index in [0.717, 1.165) is 0 Å². The van der Waals surface area contributed by atoms with Crippen molar-refractivity contribution in [3.8, 4) is 0 Å². The maximum atomic E-state index is 13.2. The molecule has 2 rings (SSSR count). The molecule has 0 saturated heterocycles. The first kappa shape index (κ1) is 11.4. The van der Waals surface area contributed by atoms with Crippen LogP contribution in [0.2, 0.25) is 5.02 Å². The van der Waals surface area contributed by atoms with Crippen molar-refractivity contribution >= 4 is 17.6 Å². The van der Waals surface area contributed by atoms with Gasteiger partial charge in [-0.1, -0.05) is 25.4 Å². The molecule has 0 spiro atoms. The molecule has 1 aromatic rings. The second kappa shape index (κ2) is 3.45. The Kier molecular flexibility index (Phi) is 2.46. The minimum Gasteiger partial charge on any atom is -0.481 e. The molecule has 2 unspecified atom stereocenters. The lowest BCUT2D eigenvalue weighted by atomic mass is 10.0. The zero-order valence-electron chi connectivity index (χ0n) is 9.00. The van der Waals surface area contributed by atoms with Gasteiger partial charge in [0.05, 0.1) is 5.92 Å². The average Bonchev–Trinajstić information content (AvgIpc) is 2.67. The van der Waals surface area contributed by atoms with E-state index >= 15 is 0 Å². The van der Waals surface area contributed by atoms with Crippen LogP contribution >= 0.6 is 11.6 Å². The zero-order valence-corrected chi connectivity index (χ0v) is 9.75. The number of hydrogen-bond acceptors (Lipinski definition) is 1. The van der Waals surface area contributed by atoms with Crippen LogP contribution in [-0.2, 0) is 4.79 Å². The normalized spacial score (nSPS) is 26.5. The lowest BCUT2D eigenvalue weighted by Gasteiger charge is -2.03. The van der Waals surface area contributed by atoms with Crippen LogP contribution in [0, 0.1) is 17.2 Å². The van der Waals surface area contributed by atoms with Crippen LogP contribution in [0.1, 0.15) is 25.3 Å². The summed E-state index contributed by atoms with van der Waals surface area (Å²) in [6.07, 6.45) is 0. The number of carboxylic acid groups (broad SMARTS) is 1. The molecular formula is C12H12ClFO2. The predicted molar refractivity (Wildman–Crippen MR) is 59.1 cm³/mol. The topological polar surface area (TPSA) is 37.3 Å². The molecule has 0 radical (unpaired) electrons. The molecule has 86 valence electrons. The average molecular weight is 243 g/mol. The lowest BCUT2D eigenvalue weighted by Crippen LogP contribution is -2.03. The van der Waals surface area contributed by atoms with Crippen LogP contribution in [0.25, 0.3) is 0 Å². The van der Waals surface area contributed by atoms with Gasteiger partial charge in [0.1, 0.15) is 5.82 Å². The monoisotopic (exact) mass is 242 g/mol. The van der Waals surface area contributed by atoms with Crippen LogP contribution in [-0.4, -0.2) is 11.1 Å². The molecule has 0 aliphatic heterocycles. The molecule has 1 aromatic carbocycles. The van der Waals surface area contributed by atoms with E-state index in [4.69, 9.17) is 16.7 Å². The van der Waals surface area contributed by atoms with E-state index in [9.17, 15) is 9.18 Å². The standard InChI is InChI=1S/C12H12ClFO2/c1-12(2)9(10(12)11(15)16)6-3-7(13)5-8(14)4-6/h3-5,9-10H,1-2H3,(H,15,16). The molecule has 0 bridgehead atoms. The van der Waals surface area contributed by atoms with Crippen molar-refractivity contribution in [2.75, 3.05) is 0 Å². The van der Waals surface area contributed by atoms with Gasteiger partial charge in [-0.15, -0.1) is 0 Å². The molecule has 0 aromatic heterocycles. The van der Waals surface area contributed by atoms with Crippen LogP contribution < -0.4 is 0 Å². The smallest absolute Gasteiger partial charge is 0.307 e. The van der Waals surface area contributed by atoms with Crippen LogP contribution in [0.5, 0.6) is 0 Å². The second-order valence-corrected chi connectivity index (χ2v) is 5.25. The first-order chi connectivity index (χ1) is 7.34. The van der Waals surface area contributed by atoms with Gasteiger partial charge in [0.2, 0.25) is 0 Å². The summed E-state index contributed by atoms with van der Waals surface area (Å²) in [5, 5.41) is 9.34. The molecule has 2 atom stereocenters. The van der Waals surface area contributed by atoms with Gasteiger partial charge in [-0.05, 0) is 29.2 Å². The van der Waals surface area contributed by atoms with E-state index in [1.54, 1.807) is 6.07 Å². The molecular weight excluding hydrogens is 231 g/mol. The highest BCUT2D eigenvalue weighted by atomic mass is 35.5. The first-order valence-corrected chi connectivity index (χ1v) is 5.40. The number of carbonyl (C=O) groups is 1. The fraction of sp³-hybridized carbons (Fsp3) is 0.417. The maximum Gasteiger partial charge on any atom is 0.307 e. The van der Waals surface area contributed by atoms with Crippen molar-refractivity contribution in [1.29, 1.82) is 0 Å². The first-order valence-electron chi connectivity index (χ1n) is 5.03. The summed E-state index contributed by atoms with van der Waals surface area (Å²) in [5.41, 5.74) is 0.338. The quantitative estimate of drug-likeness (QED) is 0.864. The van der Waals surface area contributed by atoms with Crippen LogP contribution in [0.3, 0.4) is 0 Å². The lowest BCUT2D eigenvalue weighted by molar-refractivity contribution is -0.139. The second-order valence-electron chi connectivity index (χ2n) is 4.82. The van der Waals surface area contributed by atoms with Gasteiger partial charge in [0.15, 0.2) is 0 Å². The number of aliphatic carboxylic acids is 1. The minimum absolute atomic E-state index is 0.154. The van der Waals surface area contributed by atoms with Crippen molar-refractivity contribution in [2.24, 2.45) is 11.3 Å². The number of halogens is 2. The SMILES string of the molecule is CC1(C)C(C(=O)O)C1c1cc(F)cc(Cl)c1. The third-order valence-electron chi connectivity index (χ3n) is 3.34. The van der Waals surface area contributed by atoms with Gasteiger partial charge in [-0.25, -0.2) is 4.39 Å². The Morgan fingerprint density at radius 3 is 2.50 bits per heavy atom. The van der Waals surface area contributed by atoms with Crippen molar-refractivity contribution < 1.29 is 14.3 Å². The van der Waals surface area contributed by atoms with E-state index in [0.29, 0.717) is 10.6 Å². The maximum absolute atomic E-state index is 13.2.